The number of nitrogens with two attached hydrogens (primary N) is 1. The molecule has 3 N–H and O–H groups in total. The standard InChI is InChI=1S/C23H21F4N5O3S/c1-2-15(18-7-8-30-22(31-18)32-36(34,35)14-3-4-14)19-16(5-6-17(20(19)24)21(28)33)12-9-13(11-29-10-12)23(25,26)27/h5-11,14-15H,2-4H2,1H3,(H2,28,33)(H,30,31,32). The summed E-state index contributed by atoms with van der Waals surface area (Å²) < 4.78 is 82.6. The van der Waals surface area contributed by atoms with Gasteiger partial charge in [0.1, 0.15) is 5.82 Å². The predicted octanol–water partition coefficient (Wildman–Crippen LogP) is 4.24. The molecule has 190 valence electrons. The Morgan fingerprint density at radius 3 is 2.56 bits per heavy atom. The van der Waals surface area contributed by atoms with Crippen molar-refractivity contribution in [3.05, 3.63) is 71.1 Å². The number of nitrogens with zero attached hydrogens (tertiary/aromatic N) is 3. The molecule has 0 spiro atoms. The van der Waals surface area contributed by atoms with Crippen molar-refractivity contribution in [2.24, 2.45) is 5.73 Å². The summed E-state index contributed by atoms with van der Waals surface area (Å²) in [7, 11) is -3.68. The second kappa shape index (κ2) is 9.45. The van der Waals surface area contributed by atoms with E-state index in [4.69, 9.17) is 5.73 Å². The molecular formula is C23H21F4N5O3S. The molecule has 1 fully saturated rings. The van der Waals surface area contributed by atoms with Crippen LogP contribution in [0.5, 0.6) is 0 Å². The maximum atomic E-state index is 15.7. The molecule has 0 saturated heterocycles. The third-order valence-electron chi connectivity index (χ3n) is 5.81. The number of hydrogen-bond acceptors (Lipinski definition) is 6. The highest BCUT2D eigenvalue weighted by Crippen LogP contribution is 2.39. The molecular weight excluding hydrogens is 502 g/mol. The Labute approximate surface area is 204 Å². The summed E-state index contributed by atoms with van der Waals surface area (Å²) in [4.78, 5) is 23.7. The Morgan fingerprint density at radius 2 is 1.94 bits per heavy atom. The first-order chi connectivity index (χ1) is 16.9. The summed E-state index contributed by atoms with van der Waals surface area (Å²) in [6.45, 7) is 1.69. The van der Waals surface area contributed by atoms with Crippen LogP contribution in [-0.2, 0) is 16.2 Å². The van der Waals surface area contributed by atoms with E-state index in [1.165, 1.54) is 18.3 Å². The number of rotatable bonds is 8. The number of carbonyl (C=O) groups excluding carboxylic acids is 1. The first kappa shape index (κ1) is 25.5. The summed E-state index contributed by atoms with van der Waals surface area (Å²) in [6.07, 6.45) is -0.352. The normalized spacial score (nSPS) is 14.9. The number of nitrogens with one attached hydrogen (secondary N) is 1. The Balaban J connectivity index is 1.86. The van der Waals surface area contributed by atoms with E-state index in [0.717, 1.165) is 18.3 Å². The van der Waals surface area contributed by atoms with Crippen LogP contribution >= 0.6 is 0 Å². The van der Waals surface area contributed by atoms with E-state index in [0.29, 0.717) is 19.0 Å². The Hall–Kier alpha value is -3.61. The van der Waals surface area contributed by atoms with Gasteiger partial charge in [-0.2, -0.15) is 13.2 Å². The molecule has 4 rings (SSSR count). The number of carbonyl (C=O) groups is 1. The summed E-state index contributed by atoms with van der Waals surface area (Å²) in [5.41, 5.74) is 3.94. The van der Waals surface area contributed by atoms with Gasteiger partial charge in [0.05, 0.1) is 22.1 Å². The van der Waals surface area contributed by atoms with E-state index in [2.05, 4.69) is 19.7 Å². The summed E-state index contributed by atoms with van der Waals surface area (Å²) in [6, 6.07) is 4.67. The van der Waals surface area contributed by atoms with Crippen LogP contribution in [0.15, 0.2) is 42.9 Å². The number of anilines is 1. The van der Waals surface area contributed by atoms with E-state index in [9.17, 15) is 26.4 Å². The first-order valence-corrected chi connectivity index (χ1v) is 12.5. The van der Waals surface area contributed by atoms with Crippen molar-refractivity contribution < 1.29 is 30.8 Å². The summed E-state index contributed by atoms with van der Waals surface area (Å²) in [5.74, 6) is -3.17. The third-order valence-corrected chi connectivity index (χ3v) is 7.63. The fourth-order valence-corrected chi connectivity index (χ4v) is 5.16. The number of aromatic nitrogens is 3. The molecule has 1 amide bonds. The van der Waals surface area contributed by atoms with Crippen molar-refractivity contribution >= 4 is 21.9 Å². The van der Waals surface area contributed by atoms with Crippen LogP contribution in [0.2, 0.25) is 0 Å². The molecule has 1 aromatic carbocycles. The van der Waals surface area contributed by atoms with Crippen molar-refractivity contribution in [1.82, 2.24) is 15.0 Å². The minimum absolute atomic E-state index is 0.0306. The van der Waals surface area contributed by atoms with Gasteiger partial charge in [-0.1, -0.05) is 13.0 Å². The maximum absolute atomic E-state index is 15.7. The van der Waals surface area contributed by atoms with Gasteiger partial charge in [0, 0.05) is 35.6 Å². The molecule has 36 heavy (non-hydrogen) atoms. The number of halogens is 4. The second-order valence-electron chi connectivity index (χ2n) is 8.33. The SMILES string of the molecule is CCC(c1ccnc(NS(=O)(=O)C2CC2)n1)c1c(-c2cncc(C(F)(F)F)c2)ccc(C(N)=O)c1F. The quantitative estimate of drug-likeness (QED) is 0.425. The average molecular weight is 524 g/mol. The lowest BCUT2D eigenvalue weighted by molar-refractivity contribution is -0.137. The van der Waals surface area contributed by atoms with E-state index < -0.39 is 50.2 Å². The van der Waals surface area contributed by atoms with Gasteiger partial charge < -0.3 is 5.73 Å². The first-order valence-electron chi connectivity index (χ1n) is 10.9. The maximum Gasteiger partial charge on any atom is 0.417 e. The van der Waals surface area contributed by atoms with Crippen molar-refractivity contribution in [3.63, 3.8) is 0 Å². The van der Waals surface area contributed by atoms with Crippen molar-refractivity contribution in [2.45, 2.75) is 43.5 Å². The molecule has 2 heterocycles. The van der Waals surface area contributed by atoms with Crippen LogP contribution < -0.4 is 10.5 Å². The highest BCUT2D eigenvalue weighted by Gasteiger charge is 2.36. The summed E-state index contributed by atoms with van der Waals surface area (Å²) in [5, 5.41) is -0.531. The Morgan fingerprint density at radius 1 is 1.22 bits per heavy atom. The zero-order valence-corrected chi connectivity index (χ0v) is 19.7. The molecule has 2 aromatic heterocycles. The highest BCUT2D eigenvalue weighted by atomic mass is 32.2. The third kappa shape index (κ3) is 5.15. The second-order valence-corrected chi connectivity index (χ2v) is 10.3. The summed E-state index contributed by atoms with van der Waals surface area (Å²) >= 11 is 0. The minimum atomic E-state index is -4.68. The van der Waals surface area contributed by atoms with Gasteiger partial charge in [-0.05, 0) is 43.0 Å². The fraction of sp³-hybridized carbons (Fsp3) is 0.304. The number of benzene rings is 1. The zero-order valence-electron chi connectivity index (χ0n) is 18.9. The zero-order chi connectivity index (χ0) is 26.3. The van der Waals surface area contributed by atoms with Gasteiger partial charge in [0.2, 0.25) is 16.0 Å². The lowest BCUT2D eigenvalue weighted by atomic mass is 9.85. The average Bonchev–Trinajstić information content (AvgIpc) is 3.66. The molecule has 1 atom stereocenters. The van der Waals surface area contributed by atoms with Crippen molar-refractivity contribution in [3.8, 4) is 11.1 Å². The predicted molar refractivity (Wildman–Crippen MR) is 123 cm³/mol. The van der Waals surface area contributed by atoms with Crippen LogP contribution in [0, 0.1) is 5.82 Å². The number of alkyl halides is 3. The largest absolute Gasteiger partial charge is 0.417 e. The van der Waals surface area contributed by atoms with Gasteiger partial charge in [-0.15, -0.1) is 0 Å². The number of primary amides is 1. The Kier molecular flexibility index (Phi) is 6.69. The number of pyridine rings is 1. The van der Waals surface area contributed by atoms with Gasteiger partial charge in [0.25, 0.3) is 5.91 Å². The molecule has 8 nitrogen and oxygen atoms in total. The number of sulfonamides is 1. The molecule has 1 saturated carbocycles. The molecule has 1 aliphatic carbocycles. The topological polar surface area (TPSA) is 128 Å². The number of hydrogen-bond donors (Lipinski definition) is 2. The molecule has 0 aliphatic heterocycles. The van der Waals surface area contributed by atoms with Crippen molar-refractivity contribution in [1.29, 1.82) is 0 Å². The fourth-order valence-electron chi connectivity index (χ4n) is 3.88. The lowest BCUT2D eigenvalue weighted by Gasteiger charge is -2.22. The van der Waals surface area contributed by atoms with Crippen LogP contribution in [-0.4, -0.2) is 34.5 Å². The van der Waals surface area contributed by atoms with Crippen LogP contribution in [0.25, 0.3) is 11.1 Å². The van der Waals surface area contributed by atoms with E-state index in [1.807, 2.05) is 0 Å². The molecule has 13 heteroatoms. The number of amides is 1. The van der Waals surface area contributed by atoms with E-state index >= 15 is 4.39 Å². The molecule has 1 unspecified atom stereocenters. The lowest BCUT2D eigenvalue weighted by Crippen LogP contribution is -2.20. The molecule has 0 radical (unpaired) electrons. The van der Waals surface area contributed by atoms with Gasteiger partial charge in [0.15, 0.2) is 0 Å². The molecule has 1 aliphatic rings. The molecule has 0 bridgehead atoms. The minimum Gasteiger partial charge on any atom is -0.366 e. The highest BCUT2D eigenvalue weighted by molar-refractivity contribution is 7.93. The monoisotopic (exact) mass is 523 g/mol. The smallest absolute Gasteiger partial charge is 0.366 e. The molecule has 3 aromatic rings. The Bertz CT molecular complexity index is 1430. The van der Waals surface area contributed by atoms with Gasteiger partial charge in [-0.3, -0.25) is 14.5 Å². The van der Waals surface area contributed by atoms with Crippen LogP contribution in [0.3, 0.4) is 0 Å². The van der Waals surface area contributed by atoms with Crippen molar-refractivity contribution in [2.75, 3.05) is 4.72 Å². The van der Waals surface area contributed by atoms with Gasteiger partial charge >= 0.3 is 6.18 Å². The van der Waals surface area contributed by atoms with Crippen LogP contribution in [0.1, 0.15) is 59.3 Å². The van der Waals surface area contributed by atoms with Gasteiger partial charge in [-0.25, -0.2) is 22.8 Å². The van der Waals surface area contributed by atoms with Crippen LogP contribution in [0.4, 0.5) is 23.5 Å². The van der Waals surface area contributed by atoms with E-state index in [1.54, 1.807) is 6.92 Å². The van der Waals surface area contributed by atoms with E-state index in [-0.39, 0.29) is 34.8 Å².